The van der Waals surface area contributed by atoms with E-state index < -0.39 is 11.7 Å². The minimum Gasteiger partial charge on any atom is -0.384 e. The zero-order valence-electron chi connectivity index (χ0n) is 10.1. The van der Waals surface area contributed by atoms with Crippen LogP contribution in [-0.2, 0) is 37.6 Å². The molecule has 1 radical (unpaired) electrons. The Balaban J connectivity index is 0. The number of alkyl halides is 3. The summed E-state index contributed by atoms with van der Waals surface area (Å²) in [5.74, 6) is 0. The van der Waals surface area contributed by atoms with E-state index in [1.807, 2.05) is 0 Å². The molecule has 1 heterocycles. The zero-order valence-corrected chi connectivity index (χ0v) is 11.5. The normalized spacial score (nSPS) is 12.9. The molecule has 1 aromatic rings. The van der Waals surface area contributed by atoms with Gasteiger partial charge in [0.2, 0.25) is 0 Å². The van der Waals surface area contributed by atoms with Crippen molar-refractivity contribution in [1.82, 2.24) is 4.98 Å². The van der Waals surface area contributed by atoms with E-state index in [4.69, 9.17) is 0 Å². The van der Waals surface area contributed by atoms with Crippen LogP contribution in [0.5, 0.6) is 0 Å². The monoisotopic (exact) mass is 281 g/mol. The topological polar surface area (TPSA) is 12.9 Å². The van der Waals surface area contributed by atoms with E-state index in [0.717, 1.165) is 18.5 Å². The first kappa shape index (κ1) is 18.9. The first-order valence-corrected chi connectivity index (χ1v) is 4.47. The standard InChI is InChI=1S/C10H9F3N.2CH3.V/c1-6-8(10(11,12)13)5-7-3-2-4-9(7)14-6;;;/h2-4H2,1H3;2*1H3;/q3*-1;. The van der Waals surface area contributed by atoms with Gasteiger partial charge in [-0.2, -0.15) is 19.2 Å². The van der Waals surface area contributed by atoms with E-state index in [0.29, 0.717) is 12.0 Å². The molecule has 17 heavy (non-hydrogen) atoms. The Kier molecular flexibility index (Phi) is 7.17. The van der Waals surface area contributed by atoms with Crippen LogP contribution >= 0.6 is 0 Å². The molecule has 0 aliphatic heterocycles. The van der Waals surface area contributed by atoms with Gasteiger partial charge in [-0.3, -0.25) is 0 Å². The molecular formula is C12H15F3NV-3. The number of halogens is 3. The summed E-state index contributed by atoms with van der Waals surface area (Å²) in [6, 6.07) is 2.45. The van der Waals surface area contributed by atoms with E-state index in [2.05, 4.69) is 11.1 Å². The summed E-state index contributed by atoms with van der Waals surface area (Å²) in [5, 5.41) is 0. The van der Waals surface area contributed by atoms with Crippen molar-refractivity contribution >= 4 is 0 Å². The maximum absolute atomic E-state index is 12.4. The minimum absolute atomic E-state index is 0. The van der Waals surface area contributed by atoms with Gasteiger partial charge in [-0.15, -0.1) is 5.56 Å². The van der Waals surface area contributed by atoms with Crippen LogP contribution in [0.4, 0.5) is 13.2 Å². The first-order valence-electron chi connectivity index (χ1n) is 4.47. The van der Waals surface area contributed by atoms with Crippen molar-refractivity contribution in [1.29, 1.82) is 0 Å². The molecule has 0 spiro atoms. The zero-order chi connectivity index (χ0) is 10.3. The molecular weight excluding hydrogens is 266 g/mol. The van der Waals surface area contributed by atoms with Gasteiger partial charge >= 0.3 is 6.18 Å². The molecule has 97 valence electrons. The Hall–Kier alpha value is -0.476. The predicted molar refractivity (Wildman–Crippen MR) is 57.7 cm³/mol. The van der Waals surface area contributed by atoms with Crippen LogP contribution < -0.4 is 0 Å². The van der Waals surface area contributed by atoms with Crippen LogP contribution in [-0.4, -0.2) is 4.98 Å². The molecule has 0 atom stereocenters. The fraction of sp³-hybridized carbons (Fsp3) is 0.417. The molecule has 2 rings (SSSR count). The molecule has 0 fully saturated rings. The summed E-state index contributed by atoms with van der Waals surface area (Å²) in [4.78, 5) is 3.97. The van der Waals surface area contributed by atoms with E-state index in [-0.39, 0.29) is 39.1 Å². The molecule has 0 N–H and O–H groups in total. The van der Waals surface area contributed by atoms with Gasteiger partial charge in [-0.25, -0.2) is 0 Å². The van der Waals surface area contributed by atoms with Crippen molar-refractivity contribution in [2.24, 2.45) is 0 Å². The molecule has 1 aliphatic carbocycles. The van der Waals surface area contributed by atoms with Crippen molar-refractivity contribution in [3.63, 3.8) is 0 Å². The van der Waals surface area contributed by atoms with E-state index in [1.54, 1.807) is 0 Å². The predicted octanol–water partition coefficient (Wildman–Crippen LogP) is 3.60. The average Bonchev–Trinajstić information content (AvgIpc) is 2.47. The van der Waals surface area contributed by atoms with Gasteiger partial charge in [0.05, 0.1) is 0 Å². The third kappa shape index (κ3) is 3.75. The molecule has 0 bridgehead atoms. The van der Waals surface area contributed by atoms with Gasteiger partial charge in [0.15, 0.2) is 0 Å². The van der Waals surface area contributed by atoms with Crippen molar-refractivity contribution in [2.75, 3.05) is 0 Å². The SMILES string of the molecule is Cc1nc2c([c-]c1C(F)(F)F)CCC2.[CH3-].[CH3-].[V]. The smallest absolute Gasteiger partial charge is 0.384 e. The Morgan fingerprint density at radius 2 is 1.76 bits per heavy atom. The van der Waals surface area contributed by atoms with Gasteiger partial charge in [0.25, 0.3) is 0 Å². The number of aromatic nitrogens is 1. The van der Waals surface area contributed by atoms with Gasteiger partial charge in [-0.1, -0.05) is 31.2 Å². The third-order valence-corrected chi connectivity index (χ3v) is 2.41. The average molecular weight is 281 g/mol. The molecule has 5 heteroatoms. The maximum atomic E-state index is 12.4. The fourth-order valence-electron chi connectivity index (χ4n) is 1.76. The Labute approximate surface area is 113 Å². The second kappa shape index (κ2) is 6.46. The van der Waals surface area contributed by atoms with Crippen LogP contribution in [0.15, 0.2) is 0 Å². The van der Waals surface area contributed by atoms with E-state index in [1.165, 1.54) is 6.92 Å². The molecule has 1 nitrogen and oxygen atoms in total. The molecule has 1 aliphatic rings. The van der Waals surface area contributed by atoms with Crippen LogP contribution in [0.1, 0.15) is 28.9 Å². The molecule has 0 amide bonds. The summed E-state index contributed by atoms with van der Waals surface area (Å²) in [5.41, 5.74) is 0.759. The fourth-order valence-corrected chi connectivity index (χ4v) is 1.76. The number of pyridine rings is 1. The molecule has 0 unspecified atom stereocenters. The first-order chi connectivity index (χ1) is 6.48. The van der Waals surface area contributed by atoms with Crippen molar-refractivity contribution in [3.8, 4) is 0 Å². The third-order valence-electron chi connectivity index (χ3n) is 2.41. The van der Waals surface area contributed by atoms with Gasteiger partial charge in [-0.05, 0) is 12.0 Å². The number of hydrogen-bond donors (Lipinski definition) is 0. The molecule has 0 aromatic carbocycles. The van der Waals surface area contributed by atoms with Crippen LogP contribution in [0.25, 0.3) is 0 Å². The van der Waals surface area contributed by atoms with Crippen LogP contribution in [0.2, 0.25) is 0 Å². The molecule has 0 saturated carbocycles. The number of aryl methyl sites for hydroxylation is 3. The summed E-state index contributed by atoms with van der Waals surface area (Å²) in [7, 11) is 0. The van der Waals surface area contributed by atoms with Gasteiger partial charge < -0.3 is 19.8 Å². The summed E-state index contributed by atoms with van der Waals surface area (Å²) in [6.07, 6.45) is -1.98. The maximum Gasteiger partial charge on any atom is 0.396 e. The number of fused-ring (bicyclic) bond motifs is 1. The Morgan fingerprint density at radius 3 is 2.29 bits per heavy atom. The van der Waals surface area contributed by atoms with Crippen molar-refractivity contribution in [3.05, 3.63) is 43.4 Å². The Morgan fingerprint density at radius 1 is 1.18 bits per heavy atom. The number of rotatable bonds is 0. The van der Waals surface area contributed by atoms with Gasteiger partial charge in [0, 0.05) is 18.6 Å². The van der Waals surface area contributed by atoms with E-state index >= 15 is 0 Å². The van der Waals surface area contributed by atoms with E-state index in [9.17, 15) is 13.2 Å². The van der Waals surface area contributed by atoms with Gasteiger partial charge in [0.1, 0.15) is 0 Å². The van der Waals surface area contributed by atoms with Crippen LogP contribution in [0.3, 0.4) is 0 Å². The number of nitrogens with zero attached hydrogens (tertiary/aromatic N) is 1. The van der Waals surface area contributed by atoms with Crippen molar-refractivity contribution < 1.29 is 31.7 Å². The quantitative estimate of drug-likeness (QED) is 0.662. The largest absolute Gasteiger partial charge is 0.396 e. The molecule has 0 saturated heterocycles. The minimum atomic E-state index is -4.32. The van der Waals surface area contributed by atoms with Crippen molar-refractivity contribution in [2.45, 2.75) is 32.4 Å². The van der Waals surface area contributed by atoms with Crippen LogP contribution in [0, 0.1) is 27.8 Å². The number of hydrogen-bond acceptors (Lipinski definition) is 1. The summed E-state index contributed by atoms with van der Waals surface area (Å²) < 4.78 is 37.3. The second-order valence-electron chi connectivity index (χ2n) is 3.47. The molecule has 1 aromatic heterocycles. The second-order valence-corrected chi connectivity index (χ2v) is 3.47. The summed E-state index contributed by atoms with van der Waals surface area (Å²) >= 11 is 0. The summed E-state index contributed by atoms with van der Waals surface area (Å²) in [6.45, 7) is 1.39. The Bertz CT molecular complexity index is 375.